The smallest absolute Gasteiger partial charge is 0.126 e. The summed E-state index contributed by atoms with van der Waals surface area (Å²) in [6.07, 6.45) is 8.09. The molecule has 0 radical (unpaired) electrons. The van der Waals surface area contributed by atoms with Gasteiger partial charge in [0.2, 0.25) is 0 Å². The van der Waals surface area contributed by atoms with E-state index in [1.165, 1.54) is 35.1 Å². The van der Waals surface area contributed by atoms with Gasteiger partial charge in [0.25, 0.3) is 0 Å². The predicted molar refractivity (Wildman–Crippen MR) is 109 cm³/mol. The Kier molecular flexibility index (Phi) is 5.27. The van der Waals surface area contributed by atoms with E-state index in [-0.39, 0.29) is 17.6 Å². The first kappa shape index (κ1) is 19.5. The first-order valence-corrected chi connectivity index (χ1v) is 10.3. The summed E-state index contributed by atoms with van der Waals surface area (Å²) in [6.45, 7) is 13.6. The van der Waals surface area contributed by atoms with Crippen LogP contribution in [0.5, 0.6) is 5.75 Å². The lowest BCUT2D eigenvalue weighted by Gasteiger charge is -2.50. The summed E-state index contributed by atoms with van der Waals surface area (Å²) >= 11 is 0. The molecule has 0 aliphatic heterocycles. The summed E-state index contributed by atoms with van der Waals surface area (Å²) in [4.78, 5) is 0. The van der Waals surface area contributed by atoms with Crippen molar-refractivity contribution >= 4 is 0 Å². The molecule has 0 saturated heterocycles. The summed E-state index contributed by atoms with van der Waals surface area (Å²) in [7, 11) is 0. The van der Waals surface area contributed by atoms with Gasteiger partial charge in [-0.05, 0) is 89.7 Å². The fraction of sp³-hybridized carbons (Fsp3) is 0.667. The van der Waals surface area contributed by atoms with Crippen LogP contribution < -0.4 is 4.74 Å². The van der Waals surface area contributed by atoms with Crippen molar-refractivity contribution in [1.82, 2.24) is 0 Å². The Morgan fingerprint density at radius 1 is 1.15 bits per heavy atom. The van der Waals surface area contributed by atoms with E-state index in [1.54, 1.807) is 0 Å². The molecule has 2 aliphatic carbocycles. The van der Waals surface area contributed by atoms with E-state index in [2.05, 4.69) is 59.8 Å². The largest absolute Gasteiger partial charge is 0.486 e. The molecule has 1 spiro atoms. The number of hydrogen-bond acceptors (Lipinski definition) is 2. The van der Waals surface area contributed by atoms with E-state index in [1.807, 2.05) is 0 Å². The van der Waals surface area contributed by atoms with Gasteiger partial charge in [-0.25, -0.2) is 0 Å². The average molecular weight is 357 g/mol. The van der Waals surface area contributed by atoms with E-state index in [4.69, 9.17) is 4.74 Å². The lowest BCUT2D eigenvalue weighted by Crippen LogP contribution is -2.52. The molecule has 1 aromatic carbocycles. The molecule has 1 aromatic rings. The highest BCUT2D eigenvalue weighted by Gasteiger charge is 2.56. The maximum Gasteiger partial charge on any atom is 0.126 e. The molecule has 0 bridgehead atoms. The second kappa shape index (κ2) is 7.03. The number of aryl methyl sites for hydroxylation is 3. The third-order valence-electron chi connectivity index (χ3n) is 7.42. The SMILES string of the molecule is CC1=CCC[C@](C)(Oc2c(C)cc(C)cc2C)[C@@]12CC[C@@H]([C@H](C)CO)C2. The molecular weight excluding hydrogens is 320 g/mol. The maximum absolute atomic E-state index is 9.67. The van der Waals surface area contributed by atoms with Crippen LogP contribution in [0.1, 0.15) is 69.6 Å². The van der Waals surface area contributed by atoms with E-state index in [0.717, 1.165) is 25.0 Å². The number of hydrogen-bond donors (Lipinski definition) is 1. The fourth-order valence-electron chi connectivity index (χ4n) is 5.67. The number of rotatable bonds is 4. The molecule has 0 unspecified atom stereocenters. The maximum atomic E-state index is 9.67. The normalized spacial score (nSPS) is 32.6. The van der Waals surface area contributed by atoms with Crippen LogP contribution in [0, 0.1) is 38.0 Å². The predicted octanol–water partition coefficient (Wildman–Crippen LogP) is 5.90. The van der Waals surface area contributed by atoms with Crippen LogP contribution in [0.3, 0.4) is 0 Å². The summed E-state index contributed by atoms with van der Waals surface area (Å²) in [5, 5.41) is 9.67. The molecule has 26 heavy (non-hydrogen) atoms. The monoisotopic (exact) mass is 356 g/mol. The van der Waals surface area contributed by atoms with Crippen molar-refractivity contribution in [3.8, 4) is 5.75 Å². The summed E-state index contributed by atoms with van der Waals surface area (Å²) < 4.78 is 6.93. The topological polar surface area (TPSA) is 29.5 Å². The minimum Gasteiger partial charge on any atom is -0.486 e. The lowest BCUT2D eigenvalue weighted by molar-refractivity contribution is -0.0403. The Hall–Kier alpha value is -1.28. The highest BCUT2D eigenvalue weighted by atomic mass is 16.5. The Labute approximate surface area is 159 Å². The van der Waals surface area contributed by atoms with Crippen molar-refractivity contribution in [3.63, 3.8) is 0 Å². The molecule has 0 aromatic heterocycles. The molecule has 1 N–H and O–H groups in total. The van der Waals surface area contributed by atoms with E-state index < -0.39 is 0 Å². The first-order valence-electron chi connectivity index (χ1n) is 10.3. The zero-order chi connectivity index (χ0) is 19.1. The van der Waals surface area contributed by atoms with Gasteiger partial charge in [0.05, 0.1) is 0 Å². The van der Waals surface area contributed by atoms with Crippen LogP contribution in [0.15, 0.2) is 23.8 Å². The second-order valence-electron chi connectivity index (χ2n) is 9.23. The lowest BCUT2D eigenvalue weighted by atomic mass is 9.61. The van der Waals surface area contributed by atoms with E-state index >= 15 is 0 Å². The molecule has 0 amide bonds. The van der Waals surface area contributed by atoms with Gasteiger partial charge in [-0.3, -0.25) is 0 Å². The van der Waals surface area contributed by atoms with Crippen molar-refractivity contribution in [2.75, 3.05) is 6.61 Å². The zero-order valence-corrected chi connectivity index (χ0v) is 17.5. The van der Waals surface area contributed by atoms with E-state index in [0.29, 0.717) is 11.8 Å². The Bertz CT molecular complexity index is 681. The number of ether oxygens (including phenoxy) is 1. The quantitative estimate of drug-likeness (QED) is 0.680. The fourth-order valence-corrected chi connectivity index (χ4v) is 5.67. The van der Waals surface area contributed by atoms with Crippen LogP contribution in [0.4, 0.5) is 0 Å². The number of allylic oxidation sites excluding steroid dienone is 1. The van der Waals surface area contributed by atoms with Gasteiger partial charge >= 0.3 is 0 Å². The Balaban J connectivity index is 1.98. The van der Waals surface area contributed by atoms with Crippen molar-refractivity contribution in [3.05, 3.63) is 40.5 Å². The molecule has 1 saturated carbocycles. The van der Waals surface area contributed by atoms with Gasteiger partial charge in [-0.1, -0.05) is 36.3 Å². The van der Waals surface area contributed by atoms with Gasteiger partial charge in [-0.15, -0.1) is 0 Å². The third-order valence-corrected chi connectivity index (χ3v) is 7.42. The van der Waals surface area contributed by atoms with Gasteiger partial charge in [0, 0.05) is 12.0 Å². The summed E-state index contributed by atoms with van der Waals surface area (Å²) in [6, 6.07) is 4.46. The van der Waals surface area contributed by atoms with E-state index in [9.17, 15) is 5.11 Å². The molecule has 2 heteroatoms. The molecule has 3 rings (SSSR count). The second-order valence-corrected chi connectivity index (χ2v) is 9.23. The number of aliphatic hydroxyl groups excluding tert-OH is 1. The standard InChI is InChI=1S/C24H36O2/c1-16-12-17(2)22(18(3)13-16)26-23(6)10-7-8-20(5)24(23)11-9-21(14-24)19(4)15-25/h8,12-13,19,21,25H,7,9-11,14-15H2,1-6H3/t19-,21-,23+,24-/m1/s1. The molecular formula is C24H36O2. The molecule has 144 valence electrons. The first-order chi connectivity index (χ1) is 12.2. The van der Waals surface area contributed by atoms with Gasteiger partial charge in [0.15, 0.2) is 0 Å². The Morgan fingerprint density at radius 2 is 1.81 bits per heavy atom. The Morgan fingerprint density at radius 3 is 2.42 bits per heavy atom. The molecule has 4 atom stereocenters. The summed E-state index contributed by atoms with van der Waals surface area (Å²) in [5.41, 5.74) is 5.20. The van der Waals surface area contributed by atoms with Crippen molar-refractivity contribution in [2.24, 2.45) is 17.3 Å². The van der Waals surface area contributed by atoms with Crippen LogP contribution in [-0.2, 0) is 0 Å². The van der Waals surface area contributed by atoms with Crippen LogP contribution in [0.2, 0.25) is 0 Å². The molecule has 0 heterocycles. The zero-order valence-electron chi connectivity index (χ0n) is 17.5. The van der Waals surface area contributed by atoms with Gasteiger partial charge < -0.3 is 9.84 Å². The van der Waals surface area contributed by atoms with Crippen LogP contribution >= 0.6 is 0 Å². The summed E-state index contributed by atoms with van der Waals surface area (Å²) in [5.74, 6) is 2.03. The van der Waals surface area contributed by atoms with Crippen LogP contribution in [-0.4, -0.2) is 17.3 Å². The highest BCUT2D eigenvalue weighted by molar-refractivity contribution is 5.44. The van der Waals surface area contributed by atoms with Crippen molar-refractivity contribution in [2.45, 2.75) is 79.2 Å². The average Bonchev–Trinajstić information content (AvgIpc) is 3.03. The number of aliphatic hydroxyl groups is 1. The van der Waals surface area contributed by atoms with Gasteiger partial charge in [-0.2, -0.15) is 0 Å². The molecule has 1 fully saturated rings. The molecule has 2 aliphatic rings. The minimum atomic E-state index is -0.180. The van der Waals surface area contributed by atoms with Crippen molar-refractivity contribution < 1.29 is 9.84 Å². The number of benzene rings is 1. The highest BCUT2D eigenvalue weighted by Crippen LogP contribution is 2.59. The molecule has 2 nitrogen and oxygen atoms in total. The van der Waals surface area contributed by atoms with Crippen LogP contribution in [0.25, 0.3) is 0 Å². The third kappa shape index (κ3) is 3.11. The minimum absolute atomic E-state index is 0.100. The van der Waals surface area contributed by atoms with Crippen molar-refractivity contribution in [1.29, 1.82) is 0 Å². The van der Waals surface area contributed by atoms with Gasteiger partial charge in [0.1, 0.15) is 11.4 Å².